The van der Waals surface area contributed by atoms with Gasteiger partial charge in [0.05, 0.1) is 16.5 Å². The molecule has 1 aromatic heterocycles. The predicted molar refractivity (Wildman–Crippen MR) is 81.8 cm³/mol. The van der Waals surface area contributed by atoms with Crippen LogP contribution in [0.3, 0.4) is 0 Å². The highest BCUT2D eigenvalue weighted by Crippen LogP contribution is 2.24. The van der Waals surface area contributed by atoms with Gasteiger partial charge in [-0.2, -0.15) is 0 Å². The summed E-state index contributed by atoms with van der Waals surface area (Å²) >= 11 is 11.6. The number of hydrogen-bond acceptors (Lipinski definition) is 3. The molecule has 7 heteroatoms. The summed E-state index contributed by atoms with van der Waals surface area (Å²) in [7, 11) is 0. The van der Waals surface area contributed by atoms with Crippen LogP contribution >= 0.6 is 23.2 Å². The molecule has 1 atom stereocenters. The van der Waals surface area contributed by atoms with Gasteiger partial charge in [-0.25, -0.2) is 4.98 Å². The van der Waals surface area contributed by atoms with Crippen molar-refractivity contribution in [1.82, 2.24) is 10.3 Å². The zero-order chi connectivity index (χ0) is 16.2. The number of hydrogen-bond donors (Lipinski definition) is 2. The minimum Gasteiger partial charge on any atom is -0.481 e. The highest BCUT2D eigenvalue weighted by atomic mass is 35.5. The van der Waals surface area contributed by atoms with E-state index in [1.165, 1.54) is 12.3 Å². The normalized spacial score (nSPS) is 12.8. The lowest BCUT2D eigenvalue weighted by molar-refractivity contribution is -0.142. The highest BCUT2D eigenvalue weighted by Gasteiger charge is 2.25. The third-order valence-corrected chi connectivity index (χ3v) is 3.29. The molecule has 1 amide bonds. The van der Waals surface area contributed by atoms with Crippen molar-refractivity contribution in [2.45, 2.75) is 27.2 Å². The second-order valence-corrected chi connectivity index (χ2v) is 6.79. The van der Waals surface area contributed by atoms with Gasteiger partial charge in [0.25, 0.3) is 5.91 Å². The van der Waals surface area contributed by atoms with Gasteiger partial charge in [-0.05, 0) is 17.9 Å². The Morgan fingerprint density at radius 3 is 2.52 bits per heavy atom. The molecule has 0 aliphatic heterocycles. The van der Waals surface area contributed by atoms with E-state index in [4.69, 9.17) is 23.2 Å². The molecule has 0 aromatic carbocycles. The van der Waals surface area contributed by atoms with E-state index in [0.29, 0.717) is 6.42 Å². The largest absolute Gasteiger partial charge is 0.481 e. The molecule has 0 aliphatic carbocycles. The Hall–Kier alpha value is -1.33. The molecular formula is C14H18Cl2N2O3. The maximum Gasteiger partial charge on any atom is 0.308 e. The van der Waals surface area contributed by atoms with Crippen molar-refractivity contribution in [3.05, 3.63) is 28.0 Å². The molecule has 0 spiro atoms. The molecule has 0 fully saturated rings. The first-order valence-electron chi connectivity index (χ1n) is 6.42. The summed E-state index contributed by atoms with van der Waals surface area (Å²) in [4.78, 5) is 27.0. The molecular weight excluding hydrogens is 315 g/mol. The van der Waals surface area contributed by atoms with Crippen molar-refractivity contribution in [3.8, 4) is 0 Å². The predicted octanol–water partition coefficient (Wildman–Crippen LogP) is 3.26. The number of pyridine rings is 1. The van der Waals surface area contributed by atoms with Gasteiger partial charge in [0.15, 0.2) is 0 Å². The molecule has 2 N–H and O–H groups in total. The maximum atomic E-state index is 12.0. The first-order chi connectivity index (χ1) is 9.60. The van der Waals surface area contributed by atoms with Crippen LogP contribution in [-0.4, -0.2) is 28.5 Å². The van der Waals surface area contributed by atoms with Crippen LogP contribution in [0.2, 0.25) is 10.2 Å². The average Bonchev–Trinajstić information content (AvgIpc) is 2.35. The van der Waals surface area contributed by atoms with Gasteiger partial charge in [-0.3, -0.25) is 9.59 Å². The number of halogens is 2. The number of aromatic nitrogens is 1. The van der Waals surface area contributed by atoms with Crippen LogP contribution in [0.15, 0.2) is 12.3 Å². The Bertz CT molecular complexity index is 542. The zero-order valence-electron chi connectivity index (χ0n) is 12.1. The summed E-state index contributed by atoms with van der Waals surface area (Å²) in [6.45, 7) is 5.88. The molecule has 0 aliphatic rings. The molecule has 0 radical (unpaired) electrons. The van der Waals surface area contributed by atoms with Crippen LogP contribution in [0.25, 0.3) is 0 Å². The molecule has 1 unspecified atom stereocenters. The molecule has 21 heavy (non-hydrogen) atoms. The van der Waals surface area contributed by atoms with E-state index in [1.54, 1.807) is 0 Å². The Balaban J connectivity index is 2.74. The van der Waals surface area contributed by atoms with Crippen LogP contribution in [-0.2, 0) is 4.79 Å². The number of carbonyl (C=O) groups is 2. The molecule has 1 heterocycles. The molecule has 0 bridgehead atoms. The quantitative estimate of drug-likeness (QED) is 0.811. The van der Waals surface area contributed by atoms with Gasteiger partial charge < -0.3 is 10.4 Å². The van der Waals surface area contributed by atoms with E-state index in [9.17, 15) is 14.7 Å². The molecule has 0 saturated carbocycles. The van der Waals surface area contributed by atoms with Gasteiger partial charge in [0.1, 0.15) is 5.15 Å². The summed E-state index contributed by atoms with van der Waals surface area (Å²) in [5.41, 5.74) is 0.0300. The number of amides is 1. The molecule has 1 rings (SSSR count). The lowest BCUT2D eigenvalue weighted by Crippen LogP contribution is -2.35. The lowest BCUT2D eigenvalue weighted by atomic mass is 9.84. The highest BCUT2D eigenvalue weighted by molar-refractivity contribution is 6.35. The van der Waals surface area contributed by atoms with Crippen LogP contribution in [0.1, 0.15) is 37.6 Å². The van der Waals surface area contributed by atoms with Crippen molar-refractivity contribution in [2.75, 3.05) is 6.54 Å². The Kier molecular flexibility index (Phi) is 5.98. The molecule has 0 saturated heterocycles. The summed E-state index contributed by atoms with van der Waals surface area (Å²) in [6, 6.07) is 1.35. The van der Waals surface area contributed by atoms with Crippen LogP contribution in [0, 0.1) is 11.3 Å². The second kappa shape index (κ2) is 7.09. The minimum atomic E-state index is -0.941. The third kappa shape index (κ3) is 5.89. The number of carbonyl (C=O) groups excluding carboxylic acids is 1. The summed E-state index contributed by atoms with van der Waals surface area (Å²) in [5.74, 6) is -2.07. The van der Waals surface area contributed by atoms with Crippen LogP contribution < -0.4 is 5.32 Å². The average molecular weight is 333 g/mol. The topological polar surface area (TPSA) is 79.3 Å². The van der Waals surface area contributed by atoms with Gasteiger partial charge >= 0.3 is 5.97 Å². The van der Waals surface area contributed by atoms with E-state index in [-0.39, 0.29) is 27.7 Å². The lowest BCUT2D eigenvalue weighted by Gasteiger charge is -2.23. The van der Waals surface area contributed by atoms with E-state index in [1.807, 2.05) is 20.8 Å². The van der Waals surface area contributed by atoms with Crippen molar-refractivity contribution < 1.29 is 14.7 Å². The van der Waals surface area contributed by atoms with E-state index in [2.05, 4.69) is 10.3 Å². The standard InChI is InChI=1S/C14H18Cl2N2O3/c1-14(2,3)5-8(13(20)21)6-18-12(19)9-4-11(16)17-7-10(9)15/h4,7-8H,5-6H2,1-3H3,(H,18,19)(H,20,21). The van der Waals surface area contributed by atoms with Crippen molar-refractivity contribution in [1.29, 1.82) is 0 Å². The van der Waals surface area contributed by atoms with Crippen LogP contribution in [0.4, 0.5) is 0 Å². The summed E-state index contributed by atoms with van der Waals surface area (Å²) in [6.07, 6.45) is 1.73. The van der Waals surface area contributed by atoms with Crippen molar-refractivity contribution >= 4 is 35.1 Å². The number of carboxylic acid groups (broad SMARTS) is 1. The third-order valence-electron chi connectivity index (χ3n) is 2.78. The SMILES string of the molecule is CC(C)(C)CC(CNC(=O)c1cc(Cl)ncc1Cl)C(=O)O. The summed E-state index contributed by atoms with van der Waals surface area (Å²) < 4.78 is 0. The fourth-order valence-electron chi connectivity index (χ4n) is 1.88. The van der Waals surface area contributed by atoms with Gasteiger partial charge in [0, 0.05) is 12.7 Å². The molecule has 1 aromatic rings. The first-order valence-corrected chi connectivity index (χ1v) is 7.18. The Morgan fingerprint density at radius 2 is 2.00 bits per heavy atom. The van der Waals surface area contributed by atoms with Gasteiger partial charge in [-0.1, -0.05) is 44.0 Å². The number of rotatable bonds is 5. The fourth-order valence-corrected chi connectivity index (χ4v) is 2.23. The van der Waals surface area contributed by atoms with Crippen LogP contribution in [0.5, 0.6) is 0 Å². The van der Waals surface area contributed by atoms with E-state index >= 15 is 0 Å². The van der Waals surface area contributed by atoms with Gasteiger partial charge in [0.2, 0.25) is 0 Å². The van der Waals surface area contributed by atoms with Crippen molar-refractivity contribution in [3.63, 3.8) is 0 Å². The smallest absolute Gasteiger partial charge is 0.308 e. The second-order valence-electron chi connectivity index (χ2n) is 6.00. The van der Waals surface area contributed by atoms with Gasteiger partial charge in [-0.15, -0.1) is 0 Å². The monoisotopic (exact) mass is 332 g/mol. The zero-order valence-corrected chi connectivity index (χ0v) is 13.6. The summed E-state index contributed by atoms with van der Waals surface area (Å²) in [5, 5.41) is 12.1. The van der Waals surface area contributed by atoms with Crippen molar-refractivity contribution in [2.24, 2.45) is 11.3 Å². The number of nitrogens with zero attached hydrogens (tertiary/aromatic N) is 1. The first kappa shape index (κ1) is 17.7. The number of nitrogens with one attached hydrogen (secondary N) is 1. The maximum absolute atomic E-state index is 12.0. The fraction of sp³-hybridized carbons (Fsp3) is 0.500. The molecule has 116 valence electrons. The van der Waals surface area contributed by atoms with E-state index < -0.39 is 17.8 Å². The Morgan fingerprint density at radius 1 is 1.38 bits per heavy atom. The Labute approximate surface area is 133 Å². The number of aliphatic carboxylic acids is 1. The minimum absolute atomic E-state index is 0.0295. The number of carboxylic acids is 1. The van der Waals surface area contributed by atoms with E-state index in [0.717, 1.165) is 0 Å². The molecule has 5 nitrogen and oxygen atoms in total.